The number of carbonyl (C=O) groups excluding carboxylic acids is 1. The van der Waals surface area contributed by atoms with Gasteiger partial charge in [-0.25, -0.2) is 0 Å². The molecular weight excluding hydrogens is 228 g/mol. The lowest BCUT2D eigenvalue weighted by molar-refractivity contribution is -0.117. The number of nitriles is 1. The summed E-state index contributed by atoms with van der Waals surface area (Å²) in [7, 11) is 0. The Morgan fingerprint density at radius 3 is 2.67 bits per heavy atom. The number of phenols is 1. The number of benzene rings is 1. The largest absolute Gasteiger partial charge is 0.508 e. The third-order valence-corrected chi connectivity index (χ3v) is 2.39. The van der Waals surface area contributed by atoms with E-state index in [2.05, 4.69) is 5.32 Å². The van der Waals surface area contributed by atoms with E-state index in [1.165, 1.54) is 18.2 Å². The Kier molecular flexibility index (Phi) is 5.46. The molecule has 1 rings (SSSR count). The van der Waals surface area contributed by atoms with Crippen molar-refractivity contribution in [2.24, 2.45) is 0 Å². The van der Waals surface area contributed by atoms with Crippen LogP contribution in [-0.4, -0.2) is 17.6 Å². The molecule has 0 aromatic heterocycles. The summed E-state index contributed by atoms with van der Waals surface area (Å²) in [6.07, 6.45) is 3.38. The van der Waals surface area contributed by atoms with E-state index in [0.717, 1.165) is 12.8 Å². The number of unbranched alkanes of at least 4 members (excludes halogenated alkanes) is 1. The molecule has 0 aliphatic carbocycles. The van der Waals surface area contributed by atoms with E-state index < -0.39 is 0 Å². The predicted octanol–water partition coefficient (Wildman–Crippen LogP) is 2.22. The van der Waals surface area contributed by atoms with Gasteiger partial charge in [-0.15, -0.1) is 0 Å². The zero-order valence-corrected chi connectivity index (χ0v) is 10.3. The summed E-state index contributed by atoms with van der Waals surface area (Å²) in [5.41, 5.74) is 0.770. The lowest BCUT2D eigenvalue weighted by atomic mass is 10.1. The Balaban J connectivity index is 2.74. The highest BCUT2D eigenvalue weighted by molar-refractivity contribution is 6.01. The summed E-state index contributed by atoms with van der Waals surface area (Å²) in [5.74, 6) is -0.211. The number of amides is 1. The third kappa shape index (κ3) is 4.30. The highest BCUT2D eigenvalue weighted by Gasteiger charge is 2.07. The summed E-state index contributed by atoms with van der Waals surface area (Å²) >= 11 is 0. The molecule has 0 fully saturated rings. The molecule has 1 aromatic rings. The first-order valence-electron chi connectivity index (χ1n) is 5.86. The number of phenolic OH excluding ortho intramolecular Hbond substituents is 1. The minimum Gasteiger partial charge on any atom is -0.508 e. The molecule has 4 heteroatoms. The van der Waals surface area contributed by atoms with Crippen LogP contribution in [0.4, 0.5) is 0 Å². The van der Waals surface area contributed by atoms with Crippen molar-refractivity contribution in [1.29, 1.82) is 5.26 Å². The van der Waals surface area contributed by atoms with Crippen molar-refractivity contribution in [2.75, 3.05) is 6.54 Å². The average Bonchev–Trinajstić information content (AvgIpc) is 2.38. The normalized spacial score (nSPS) is 10.8. The van der Waals surface area contributed by atoms with E-state index in [-0.39, 0.29) is 17.2 Å². The van der Waals surface area contributed by atoms with Crippen molar-refractivity contribution in [2.45, 2.75) is 19.8 Å². The topological polar surface area (TPSA) is 73.1 Å². The standard InChI is InChI=1S/C14H16N2O2/c1-2-3-8-16-14(18)12(10-15)9-11-4-6-13(17)7-5-11/h4-7,9,17H,2-3,8H2,1H3,(H,16,18)/b12-9-. The zero-order valence-electron chi connectivity index (χ0n) is 10.3. The number of hydrogen-bond donors (Lipinski definition) is 2. The second-order valence-electron chi connectivity index (χ2n) is 3.87. The van der Waals surface area contributed by atoms with Crippen LogP contribution in [-0.2, 0) is 4.79 Å². The first-order valence-corrected chi connectivity index (χ1v) is 5.86. The lowest BCUT2D eigenvalue weighted by Gasteiger charge is -2.02. The summed E-state index contributed by atoms with van der Waals surface area (Å²) in [5, 5.41) is 20.8. The molecule has 0 radical (unpaired) electrons. The van der Waals surface area contributed by atoms with E-state index in [9.17, 15) is 4.79 Å². The molecule has 94 valence electrons. The molecule has 0 unspecified atom stereocenters. The molecule has 0 spiro atoms. The fourth-order valence-corrected chi connectivity index (χ4v) is 1.36. The van der Waals surface area contributed by atoms with Crippen LogP contribution >= 0.6 is 0 Å². The Hall–Kier alpha value is -2.28. The summed E-state index contributed by atoms with van der Waals surface area (Å²) in [6.45, 7) is 2.60. The number of nitrogens with zero attached hydrogens (tertiary/aromatic N) is 1. The van der Waals surface area contributed by atoms with Gasteiger partial charge < -0.3 is 10.4 Å². The van der Waals surface area contributed by atoms with Gasteiger partial charge in [0.05, 0.1) is 0 Å². The third-order valence-electron chi connectivity index (χ3n) is 2.39. The van der Waals surface area contributed by atoms with Crippen LogP contribution < -0.4 is 5.32 Å². The molecule has 1 amide bonds. The maximum atomic E-state index is 11.7. The van der Waals surface area contributed by atoms with Crippen LogP contribution in [0, 0.1) is 11.3 Å². The predicted molar refractivity (Wildman–Crippen MR) is 69.6 cm³/mol. The van der Waals surface area contributed by atoms with Gasteiger partial charge in [0.15, 0.2) is 0 Å². The van der Waals surface area contributed by atoms with Gasteiger partial charge in [-0.2, -0.15) is 5.26 Å². The van der Waals surface area contributed by atoms with E-state index >= 15 is 0 Å². The van der Waals surface area contributed by atoms with E-state index in [0.29, 0.717) is 12.1 Å². The molecule has 0 aliphatic rings. The van der Waals surface area contributed by atoms with Gasteiger partial charge in [0, 0.05) is 6.54 Å². The Labute approximate surface area is 107 Å². The van der Waals surface area contributed by atoms with Gasteiger partial charge in [-0.3, -0.25) is 4.79 Å². The van der Waals surface area contributed by atoms with E-state index in [1.54, 1.807) is 12.1 Å². The van der Waals surface area contributed by atoms with Crippen LogP contribution in [0.5, 0.6) is 5.75 Å². The molecule has 0 saturated carbocycles. The average molecular weight is 244 g/mol. The lowest BCUT2D eigenvalue weighted by Crippen LogP contribution is -2.25. The minimum absolute atomic E-state index is 0.0665. The molecule has 2 N–H and O–H groups in total. The van der Waals surface area contributed by atoms with Gasteiger partial charge in [-0.1, -0.05) is 25.5 Å². The van der Waals surface area contributed by atoms with Crippen molar-refractivity contribution in [3.05, 3.63) is 35.4 Å². The number of rotatable bonds is 5. The zero-order chi connectivity index (χ0) is 13.4. The molecule has 0 atom stereocenters. The molecule has 0 aliphatic heterocycles. The van der Waals surface area contributed by atoms with Gasteiger partial charge >= 0.3 is 0 Å². The first-order chi connectivity index (χ1) is 8.67. The second-order valence-corrected chi connectivity index (χ2v) is 3.87. The summed E-state index contributed by atoms with van der Waals surface area (Å²) in [4.78, 5) is 11.7. The fourth-order valence-electron chi connectivity index (χ4n) is 1.36. The first kappa shape index (κ1) is 13.8. The number of nitrogens with one attached hydrogen (secondary N) is 1. The molecule has 0 bridgehead atoms. The van der Waals surface area contributed by atoms with E-state index in [4.69, 9.17) is 10.4 Å². The number of carbonyl (C=O) groups is 1. The molecule has 0 heterocycles. The van der Waals surface area contributed by atoms with Gasteiger partial charge in [0.1, 0.15) is 17.4 Å². The van der Waals surface area contributed by atoms with Crippen molar-refractivity contribution < 1.29 is 9.90 Å². The maximum absolute atomic E-state index is 11.7. The highest BCUT2D eigenvalue weighted by Crippen LogP contribution is 2.12. The van der Waals surface area contributed by atoms with Crippen molar-refractivity contribution in [3.8, 4) is 11.8 Å². The monoisotopic (exact) mass is 244 g/mol. The van der Waals surface area contributed by atoms with Crippen LogP contribution in [0.2, 0.25) is 0 Å². The molecule has 1 aromatic carbocycles. The van der Waals surface area contributed by atoms with Crippen LogP contribution in [0.1, 0.15) is 25.3 Å². The fraction of sp³-hybridized carbons (Fsp3) is 0.286. The van der Waals surface area contributed by atoms with Crippen LogP contribution in [0.25, 0.3) is 6.08 Å². The molecule has 4 nitrogen and oxygen atoms in total. The highest BCUT2D eigenvalue weighted by atomic mass is 16.3. The van der Waals surface area contributed by atoms with E-state index in [1.807, 2.05) is 13.0 Å². The summed E-state index contributed by atoms with van der Waals surface area (Å²) < 4.78 is 0. The van der Waals surface area contributed by atoms with Crippen molar-refractivity contribution >= 4 is 12.0 Å². The number of hydrogen-bond acceptors (Lipinski definition) is 3. The Bertz CT molecular complexity index is 470. The smallest absolute Gasteiger partial charge is 0.261 e. The quantitative estimate of drug-likeness (QED) is 0.474. The Morgan fingerprint density at radius 1 is 1.44 bits per heavy atom. The van der Waals surface area contributed by atoms with Crippen LogP contribution in [0.3, 0.4) is 0 Å². The SMILES string of the molecule is CCCCNC(=O)/C(C#N)=C\c1ccc(O)cc1. The van der Waals surface area contributed by atoms with Gasteiger partial charge in [-0.05, 0) is 30.2 Å². The van der Waals surface area contributed by atoms with Crippen molar-refractivity contribution in [1.82, 2.24) is 5.32 Å². The second kappa shape index (κ2) is 7.13. The maximum Gasteiger partial charge on any atom is 0.261 e. The molecule has 0 saturated heterocycles. The van der Waals surface area contributed by atoms with Crippen molar-refractivity contribution in [3.63, 3.8) is 0 Å². The Morgan fingerprint density at radius 2 is 2.11 bits per heavy atom. The van der Waals surface area contributed by atoms with Gasteiger partial charge in [0.25, 0.3) is 5.91 Å². The minimum atomic E-state index is -0.362. The molecular formula is C14H16N2O2. The molecule has 18 heavy (non-hydrogen) atoms. The van der Waals surface area contributed by atoms with Crippen LogP contribution in [0.15, 0.2) is 29.8 Å². The number of aromatic hydroxyl groups is 1. The summed E-state index contributed by atoms with van der Waals surface area (Å²) in [6, 6.07) is 8.19. The van der Waals surface area contributed by atoms with Gasteiger partial charge in [0.2, 0.25) is 0 Å².